The van der Waals surface area contributed by atoms with Crippen molar-refractivity contribution in [1.29, 1.82) is 0 Å². The second kappa shape index (κ2) is 8.17. The molecule has 2 heterocycles. The summed E-state index contributed by atoms with van der Waals surface area (Å²) in [6, 6.07) is 9.61. The van der Waals surface area contributed by atoms with Crippen molar-refractivity contribution in [2.45, 2.75) is 17.0 Å². The zero-order chi connectivity index (χ0) is 18.0. The Balaban J connectivity index is 0.00000243. The van der Waals surface area contributed by atoms with Gasteiger partial charge in [0, 0.05) is 38.3 Å². The highest BCUT2D eigenvalue weighted by molar-refractivity contribution is 7.89. The van der Waals surface area contributed by atoms with Crippen LogP contribution in [0, 0.1) is 0 Å². The topological polar surface area (TPSA) is 110 Å². The van der Waals surface area contributed by atoms with E-state index in [1.54, 1.807) is 11.9 Å². The average Bonchev–Trinajstić information content (AvgIpc) is 3.20. The molecule has 1 aromatic carbocycles. The van der Waals surface area contributed by atoms with Gasteiger partial charge in [-0.05, 0) is 5.56 Å². The van der Waals surface area contributed by atoms with Gasteiger partial charge in [-0.25, -0.2) is 18.1 Å². The van der Waals surface area contributed by atoms with Crippen molar-refractivity contribution < 1.29 is 13.2 Å². The van der Waals surface area contributed by atoms with Crippen LogP contribution in [-0.2, 0) is 21.9 Å². The van der Waals surface area contributed by atoms with Gasteiger partial charge >= 0.3 is 0 Å². The van der Waals surface area contributed by atoms with Crippen LogP contribution >= 0.6 is 12.4 Å². The minimum atomic E-state index is -3.80. The minimum absolute atomic E-state index is 0. The molecule has 1 aliphatic rings. The first-order chi connectivity index (χ1) is 11.9. The van der Waals surface area contributed by atoms with Gasteiger partial charge in [-0.3, -0.25) is 4.79 Å². The standard InChI is InChI=1S/C16H21N5O3S.ClH/c1-20-10-15(18-11-20)25(23,24)19-7-16(22)21-8-13(14(17)9-21)12-5-3-2-4-6-12;/h2-6,10-11,13-14,19H,7-9,17H2,1H3;1H/t13-,14+;/m0./s1. The largest absolute Gasteiger partial charge is 0.339 e. The van der Waals surface area contributed by atoms with Crippen molar-refractivity contribution in [2.75, 3.05) is 19.6 Å². The number of carbonyl (C=O) groups is 1. The Labute approximate surface area is 158 Å². The number of amides is 1. The second-order valence-corrected chi connectivity index (χ2v) is 7.90. The van der Waals surface area contributed by atoms with Crippen LogP contribution in [0.3, 0.4) is 0 Å². The average molecular weight is 400 g/mol. The Bertz CT molecular complexity index is 856. The summed E-state index contributed by atoms with van der Waals surface area (Å²) >= 11 is 0. The Hall–Kier alpha value is -1.94. The first-order valence-corrected chi connectivity index (χ1v) is 9.41. The first kappa shape index (κ1) is 20.4. The zero-order valence-corrected chi connectivity index (χ0v) is 15.9. The molecule has 0 radical (unpaired) electrons. The molecular weight excluding hydrogens is 378 g/mol. The Morgan fingerprint density at radius 2 is 2.00 bits per heavy atom. The molecule has 1 fully saturated rings. The predicted octanol–water partition coefficient (Wildman–Crippen LogP) is 0.0735. The van der Waals surface area contributed by atoms with Crippen molar-refractivity contribution in [1.82, 2.24) is 19.2 Å². The highest BCUT2D eigenvalue weighted by atomic mass is 35.5. The maximum Gasteiger partial charge on any atom is 0.260 e. The van der Waals surface area contributed by atoms with Crippen LogP contribution in [0.1, 0.15) is 11.5 Å². The lowest BCUT2D eigenvalue weighted by molar-refractivity contribution is -0.128. The molecule has 1 aliphatic heterocycles. The summed E-state index contributed by atoms with van der Waals surface area (Å²) in [5.74, 6) is -0.245. The molecule has 2 atom stereocenters. The molecule has 3 N–H and O–H groups in total. The molecule has 1 aromatic heterocycles. The summed E-state index contributed by atoms with van der Waals surface area (Å²) in [5, 5.41) is -0.108. The first-order valence-electron chi connectivity index (χ1n) is 7.93. The molecular formula is C16H22ClN5O3S. The van der Waals surface area contributed by atoms with E-state index in [0.717, 1.165) is 5.56 Å². The van der Waals surface area contributed by atoms with E-state index in [4.69, 9.17) is 5.73 Å². The third-order valence-electron chi connectivity index (χ3n) is 4.32. The summed E-state index contributed by atoms with van der Waals surface area (Å²) in [4.78, 5) is 17.8. The van der Waals surface area contributed by atoms with Gasteiger partial charge in [0.15, 0.2) is 5.03 Å². The smallest absolute Gasteiger partial charge is 0.260 e. The molecule has 1 amide bonds. The van der Waals surface area contributed by atoms with E-state index in [9.17, 15) is 13.2 Å². The second-order valence-electron chi connectivity index (χ2n) is 6.18. The summed E-state index contributed by atoms with van der Waals surface area (Å²) in [6.45, 7) is 0.576. The highest BCUT2D eigenvalue weighted by Gasteiger charge is 2.34. The van der Waals surface area contributed by atoms with Crippen molar-refractivity contribution in [2.24, 2.45) is 12.8 Å². The van der Waals surface area contributed by atoms with Crippen molar-refractivity contribution in [3.05, 3.63) is 48.4 Å². The van der Waals surface area contributed by atoms with E-state index in [1.165, 1.54) is 17.1 Å². The van der Waals surface area contributed by atoms with E-state index in [-0.39, 0.29) is 41.8 Å². The number of sulfonamides is 1. The molecule has 8 nitrogen and oxygen atoms in total. The summed E-state index contributed by atoms with van der Waals surface area (Å²) in [5.41, 5.74) is 7.25. The molecule has 3 rings (SSSR count). The molecule has 1 saturated heterocycles. The van der Waals surface area contributed by atoms with E-state index in [0.29, 0.717) is 13.1 Å². The lowest BCUT2D eigenvalue weighted by Crippen LogP contribution is -2.40. The normalized spacial score (nSPS) is 20.0. The lowest BCUT2D eigenvalue weighted by Gasteiger charge is -2.16. The number of likely N-dealkylation sites (tertiary alicyclic amines) is 1. The number of imidazole rings is 1. The third kappa shape index (κ3) is 4.42. The summed E-state index contributed by atoms with van der Waals surface area (Å²) in [6.07, 6.45) is 2.77. The number of rotatable bonds is 5. The van der Waals surface area contributed by atoms with Crippen LogP contribution in [0.2, 0.25) is 0 Å². The van der Waals surface area contributed by atoms with Crippen LogP contribution in [0.5, 0.6) is 0 Å². The Morgan fingerprint density at radius 3 is 2.62 bits per heavy atom. The Morgan fingerprint density at radius 1 is 1.31 bits per heavy atom. The van der Waals surface area contributed by atoms with Gasteiger partial charge in [-0.2, -0.15) is 0 Å². The zero-order valence-electron chi connectivity index (χ0n) is 14.3. The number of hydrogen-bond acceptors (Lipinski definition) is 5. The van der Waals surface area contributed by atoms with E-state index >= 15 is 0 Å². The molecule has 0 aliphatic carbocycles. The van der Waals surface area contributed by atoms with Crippen LogP contribution in [0.15, 0.2) is 47.9 Å². The number of benzene rings is 1. The number of nitrogens with one attached hydrogen (secondary N) is 1. The fourth-order valence-electron chi connectivity index (χ4n) is 2.96. The third-order valence-corrected chi connectivity index (χ3v) is 5.60. The van der Waals surface area contributed by atoms with Gasteiger partial charge in [0.25, 0.3) is 10.0 Å². The maximum atomic E-state index is 12.4. The fraction of sp³-hybridized carbons (Fsp3) is 0.375. The molecule has 142 valence electrons. The molecule has 26 heavy (non-hydrogen) atoms. The molecule has 10 heteroatoms. The number of halogens is 1. The minimum Gasteiger partial charge on any atom is -0.339 e. The number of aromatic nitrogens is 2. The molecule has 0 unspecified atom stereocenters. The molecule has 2 aromatic rings. The molecule has 0 bridgehead atoms. The lowest BCUT2D eigenvalue weighted by atomic mass is 9.95. The number of aryl methyl sites for hydroxylation is 1. The summed E-state index contributed by atoms with van der Waals surface area (Å²) in [7, 11) is -2.13. The van der Waals surface area contributed by atoms with Crippen molar-refractivity contribution in [3.63, 3.8) is 0 Å². The van der Waals surface area contributed by atoms with Gasteiger partial charge in [0.2, 0.25) is 5.91 Å². The van der Waals surface area contributed by atoms with Crippen LogP contribution in [0.4, 0.5) is 0 Å². The van der Waals surface area contributed by atoms with Gasteiger partial charge in [-0.15, -0.1) is 12.4 Å². The Kier molecular flexibility index (Phi) is 6.40. The van der Waals surface area contributed by atoms with Crippen molar-refractivity contribution >= 4 is 28.3 Å². The molecule has 0 saturated carbocycles. The summed E-state index contributed by atoms with van der Waals surface area (Å²) < 4.78 is 28.1. The predicted molar refractivity (Wildman–Crippen MR) is 99.4 cm³/mol. The SMILES string of the molecule is Cl.Cn1cnc(S(=O)(=O)NCC(=O)N2C[C@@H](N)[C@H](c3ccccc3)C2)c1. The molecule has 0 spiro atoms. The van der Waals surface area contributed by atoms with Crippen LogP contribution < -0.4 is 10.5 Å². The number of hydrogen-bond donors (Lipinski definition) is 2. The van der Waals surface area contributed by atoms with Gasteiger partial charge in [0.1, 0.15) is 0 Å². The van der Waals surface area contributed by atoms with Gasteiger partial charge < -0.3 is 15.2 Å². The van der Waals surface area contributed by atoms with E-state index < -0.39 is 10.0 Å². The number of carbonyl (C=O) groups excluding carboxylic acids is 1. The fourth-order valence-corrected chi connectivity index (χ4v) is 3.91. The van der Waals surface area contributed by atoms with Gasteiger partial charge in [0.05, 0.1) is 12.9 Å². The van der Waals surface area contributed by atoms with Crippen LogP contribution in [-0.4, -0.2) is 54.5 Å². The quantitative estimate of drug-likeness (QED) is 0.739. The maximum absolute atomic E-state index is 12.4. The van der Waals surface area contributed by atoms with Crippen molar-refractivity contribution in [3.8, 4) is 0 Å². The van der Waals surface area contributed by atoms with E-state index in [1.807, 2.05) is 30.3 Å². The highest BCUT2D eigenvalue weighted by Crippen LogP contribution is 2.26. The number of nitrogens with zero attached hydrogens (tertiary/aromatic N) is 3. The number of nitrogens with two attached hydrogens (primary N) is 1. The van der Waals surface area contributed by atoms with Crippen LogP contribution in [0.25, 0.3) is 0 Å². The monoisotopic (exact) mass is 399 g/mol. The van der Waals surface area contributed by atoms with Gasteiger partial charge in [-0.1, -0.05) is 30.3 Å². The van der Waals surface area contributed by atoms with E-state index in [2.05, 4.69) is 9.71 Å².